The number of anilines is 1. The lowest BCUT2D eigenvalue weighted by molar-refractivity contribution is -0.112. The number of carbonyl (C=O) groups excluding carboxylic acids is 1. The average molecular weight is 219 g/mol. The molecule has 16 heavy (non-hydrogen) atoms. The molecule has 0 aliphatic heterocycles. The van der Waals surface area contributed by atoms with E-state index in [9.17, 15) is 14.6 Å². The molecule has 0 spiro atoms. The molecule has 82 valence electrons. The zero-order chi connectivity index (χ0) is 12.0. The minimum atomic E-state index is -0.752. The van der Waals surface area contributed by atoms with Gasteiger partial charge in [-0.3, -0.25) is 4.79 Å². The fraction of sp³-hybridized carbons (Fsp3) is 0.100. The van der Waals surface area contributed by atoms with E-state index in [0.29, 0.717) is 5.69 Å². The van der Waals surface area contributed by atoms with Crippen LogP contribution < -0.4 is 5.32 Å². The number of hydrogen-bond donors (Lipinski definition) is 1. The topological polar surface area (TPSA) is 88.0 Å². The minimum absolute atomic E-state index is 0.247. The number of allylic oxidation sites excluding steroid dienone is 1. The number of hydrogen-bond acceptors (Lipinski definition) is 5. The molecule has 6 heteroatoms. The third kappa shape index (κ3) is 2.81. The number of nitrogens with zero attached hydrogens (tertiary/aromatic N) is 2. The smallest absolute Gasteiger partial charge is 0.279 e. The van der Waals surface area contributed by atoms with Crippen LogP contribution in [-0.2, 0) is 4.79 Å². The first kappa shape index (κ1) is 11.7. The predicted octanol–water partition coefficient (Wildman–Crippen LogP) is 2.39. The fourth-order valence-corrected chi connectivity index (χ4v) is 1.03. The van der Waals surface area contributed by atoms with Gasteiger partial charge in [-0.1, -0.05) is 18.2 Å². The van der Waals surface area contributed by atoms with Crippen molar-refractivity contribution in [2.24, 2.45) is 10.4 Å². The zero-order valence-electron chi connectivity index (χ0n) is 8.51. The van der Waals surface area contributed by atoms with Crippen LogP contribution in [0.25, 0.3) is 0 Å². The van der Waals surface area contributed by atoms with Crippen LogP contribution in [0.1, 0.15) is 6.92 Å². The van der Waals surface area contributed by atoms with Crippen LogP contribution in [0.15, 0.2) is 52.1 Å². The van der Waals surface area contributed by atoms with Gasteiger partial charge in [-0.15, -0.1) is 9.81 Å². The van der Waals surface area contributed by atoms with E-state index < -0.39 is 11.6 Å². The van der Waals surface area contributed by atoms with Gasteiger partial charge in [-0.25, -0.2) is 0 Å². The molecule has 1 rings (SSSR count). The molecule has 1 amide bonds. The summed E-state index contributed by atoms with van der Waals surface area (Å²) in [6.45, 7) is 1.24. The summed E-state index contributed by atoms with van der Waals surface area (Å²) in [4.78, 5) is 32.0. The van der Waals surface area contributed by atoms with E-state index in [2.05, 4.69) is 15.7 Å². The Hall–Kier alpha value is -2.37. The van der Waals surface area contributed by atoms with Crippen molar-refractivity contribution < 1.29 is 4.79 Å². The van der Waals surface area contributed by atoms with Crippen LogP contribution in [0.5, 0.6) is 0 Å². The average Bonchev–Trinajstić information content (AvgIpc) is 2.31. The van der Waals surface area contributed by atoms with E-state index in [1.807, 2.05) is 0 Å². The van der Waals surface area contributed by atoms with Crippen molar-refractivity contribution in [2.75, 3.05) is 5.32 Å². The summed E-state index contributed by atoms with van der Waals surface area (Å²) in [5.41, 5.74) is -0.255. The van der Waals surface area contributed by atoms with Gasteiger partial charge < -0.3 is 5.32 Å². The molecule has 0 fully saturated rings. The van der Waals surface area contributed by atoms with Crippen LogP contribution in [0.2, 0.25) is 0 Å². The SMILES string of the molecule is C/C(N=O)=C(/N=O)C(=O)Nc1ccccc1. The quantitative estimate of drug-likeness (QED) is 0.622. The minimum Gasteiger partial charge on any atom is -0.320 e. The van der Waals surface area contributed by atoms with Crippen molar-refractivity contribution in [3.8, 4) is 0 Å². The molecule has 1 aromatic carbocycles. The van der Waals surface area contributed by atoms with Crippen molar-refractivity contribution in [3.63, 3.8) is 0 Å². The molecule has 1 aromatic rings. The lowest BCUT2D eigenvalue weighted by atomic mass is 10.3. The Labute approximate surface area is 91.3 Å². The van der Waals surface area contributed by atoms with Crippen molar-refractivity contribution in [2.45, 2.75) is 6.92 Å². The van der Waals surface area contributed by atoms with Gasteiger partial charge in [0.2, 0.25) is 0 Å². The van der Waals surface area contributed by atoms with Gasteiger partial charge in [0.1, 0.15) is 5.70 Å². The van der Waals surface area contributed by atoms with E-state index in [0.717, 1.165) is 0 Å². The molecule has 0 atom stereocenters. The largest absolute Gasteiger partial charge is 0.320 e. The number of para-hydroxylation sites is 1. The Bertz CT molecular complexity index is 440. The number of nitrogens with one attached hydrogen (secondary N) is 1. The maximum Gasteiger partial charge on any atom is 0.279 e. The Kier molecular flexibility index (Phi) is 4.02. The lowest BCUT2D eigenvalue weighted by Gasteiger charge is -2.03. The normalized spacial score (nSPS) is 11.3. The Balaban J connectivity index is 2.87. The van der Waals surface area contributed by atoms with E-state index in [-0.39, 0.29) is 5.70 Å². The van der Waals surface area contributed by atoms with E-state index in [1.165, 1.54) is 6.92 Å². The van der Waals surface area contributed by atoms with Crippen molar-refractivity contribution >= 4 is 11.6 Å². The highest BCUT2D eigenvalue weighted by Crippen LogP contribution is 2.11. The summed E-state index contributed by atoms with van der Waals surface area (Å²) in [7, 11) is 0. The summed E-state index contributed by atoms with van der Waals surface area (Å²) in [6, 6.07) is 8.51. The van der Waals surface area contributed by atoms with Crippen molar-refractivity contribution in [1.82, 2.24) is 0 Å². The molecule has 0 aliphatic rings. The molecule has 6 nitrogen and oxygen atoms in total. The molecule has 0 unspecified atom stereocenters. The molecule has 0 saturated carbocycles. The highest BCUT2D eigenvalue weighted by molar-refractivity contribution is 6.03. The van der Waals surface area contributed by atoms with Gasteiger partial charge in [0, 0.05) is 5.69 Å². The second-order valence-corrected chi connectivity index (χ2v) is 2.94. The van der Waals surface area contributed by atoms with Gasteiger partial charge in [-0.05, 0) is 29.4 Å². The summed E-state index contributed by atoms with van der Waals surface area (Å²) in [5, 5.41) is 7.39. The Morgan fingerprint density at radius 2 is 1.75 bits per heavy atom. The number of nitroso groups, excluding NO2 is 2. The first-order chi connectivity index (χ1) is 7.69. The summed E-state index contributed by atoms with van der Waals surface area (Å²) < 4.78 is 0. The van der Waals surface area contributed by atoms with Crippen LogP contribution in [0.3, 0.4) is 0 Å². The number of amides is 1. The first-order valence-corrected chi connectivity index (χ1v) is 4.43. The van der Waals surface area contributed by atoms with Crippen molar-refractivity contribution in [3.05, 3.63) is 51.5 Å². The second-order valence-electron chi connectivity index (χ2n) is 2.94. The van der Waals surface area contributed by atoms with Crippen LogP contribution >= 0.6 is 0 Å². The van der Waals surface area contributed by atoms with Crippen LogP contribution in [0.4, 0.5) is 5.69 Å². The molecule has 0 heterocycles. The van der Waals surface area contributed by atoms with Gasteiger partial charge >= 0.3 is 0 Å². The summed E-state index contributed by atoms with van der Waals surface area (Å²) >= 11 is 0. The predicted molar refractivity (Wildman–Crippen MR) is 59.4 cm³/mol. The standard InChI is InChI=1S/C10H9N3O3/c1-7(12-15)9(13-16)10(14)11-8-5-3-2-4-6-8/h2-6H,1H3,(H,11,14)/b9-7-. The number of benzene rings is 1. The monoisotopic (exact) mass is 219 g/mol. The number of carbonyl (C=O) groups is 1. The third-order valence-corrected chi connectivity index (χ3v) is 1.82. The van der Waals surface area contributed by atoms with Gasteiger partial charge in [0.05, 0.1) is 0 Å². The summed E-state index contributed by atoms with van der Waals surface area (Å²) in [6.07, 6.45) is 0. The molecular formula is C10H9N3O3. The maximum atomic E-state index is 11.5. The van der Waals surface area contributed by atoms with E-state index in [4.69, 9.17) is 0 Å². The van der Waals surface area contributed by atoms with Gasteiger partial charge in [0.15, 0.2) is 5.70 Å². The van der Waals surface area contributed by atoms with E-state index in [1.54, 1.807) is 30.3 Å². The highest BCUT2D eigenvalue weighted by atomic mass is 16.3. The van der Waals surface area contributed by atoms with Gasteiger partial charge in [-0.2, -0.15) is 0 Å². The molecular weight excluding hydrogens is 210 g/mol. The first-order valence-electron chi connectivity index (χ1n) is 4.43. The molecule has 0 aliphatic carbocycles. The molecule has 0 bridgehead atoms. The van der Waals surface area contributed by atoms with Crippen molar-refractivity contribution in [1.29, 1.82) is 0 Å². The molecule has 1 N–H and O–H groups in total. The number of rotatable bonds is 4. The lowest BCUT2D eigenvalue weighted by Crippen LogP contribution is -2.14. The van der Waals surface area contributed by atoms with E-state index >= 15 is 0 Å². The zero-order valence-corrected chi connectivity index (χ0v) is 8.51. The van der Waals surface area contributed by atoms with Crippen LogP contribution in [0, 0.1) is 9.81 Å². The maximum absolute atomic E-state index is 11.5. The summed E-state index contributed by atoms with van der Waals surface area (Å²) in [5.74, 6) is -0.752. The fourth-order valence-electron chi connectivity index (χ4n) is 1.03. The molecule has 0 aromatic heterocycles. The Morgan fingerprint density at radius 1 is 1.12 bits per heavy atom. The van der Waals surface area contributed by atoms with Gasteiger partial charge in [0.25, 0.3) is 5.91 Å². The second kappa shape index (κ2) is 5.50. The molecule has 0 radical (unpaired) electrons. The molecule has 0 saturated heterocycles. The van der Waals surface area contributed by atoms with Crippen LogP contribution in [-0.4, -0.2) is 5.91 Å². The Morgan fingerprint density at radius 3 is 2.25 bits per heavy atom. The highest BCUT2D eigenvalue weighted by Gasteiger charge is 2.14. The third-order valence-electron chi connectivity index (χ3n) is 1.82.